The molecule has 0 saturated heterocycles. The monoisotopic (exact) mass is 321 g/mol. The van der Waals surface area contributed by atoms with Gasteiger partial charge in [0.2, 0.25) is 0 Å². The molecule has 0 aliphatic carbocycles. The van der Waals surface area contributed by atoms with Gasteiger partial charge in [-0.05, 0) is 30.2 Å². The molecule has 1 N–H and O–H groups in total. The Morgan fingerprint density at radius 1 is 1.27 bits per heavy atom. The number of nitrogens with zero attached hydrogens (tertiary/aromatic N) is 1. The molecule has 0 aliphatic rings. The summed E-state index contributed by atoms with van der Waals surface area (Å²) in [6, 6.07) is 13.1. The lowest BCUT2D eigenvalue weighted by atomic mass is 10.0. The summed E-state index contributed by atoms with van der Waals surface area (Å²) >= 11 is 5.64. The molecule has 116 valence electrons. The maximum atomic E-state index is 13.5. The molecule has 5 heteroatoms. The number of hydrogen-bond acceptors (Lipinski definition) is 2. The van der Waals surface area contributed by atoms with Crippen molar-refractivity contribution in [2.75, 3.05) is 13.7 Å². The predicted octanol–water partition coefficient (Wildman–Crippen LogP) is 3.67. The normalized spacial score (nSPS) is 12.0. The van der Waals surface area contributed by atoms with Crippen LogP contribution in [0, 0.1) is 5.82 Å². The Morgan fingerprint density at radius 3 is 2.55 bits per heavy atom. The van der Waals surface area contributed by atoms with Crippen LogP contribution in [-0.4, -0.2) is 29.6 Å². The molecule has 1 amide bonds. The van der Waals surface area contributed by atoms with Gasteiger partial charge in [0.25, 0.3) is 5.91 Å². The van der Waals surface area contributed by atoms with Gasteiger partial charge in [0, 0.05) is 19.2 Å². The van der Waals surface area contributed by atoms with E-state index in [2.05, 4.69) is 0 Å². The van der Waals surface area contributed by atoms with Gasteiger partial charge in [-0.3, -0.25) is 4.79 Å². The molecule has 0 aromatic heterocycles. The van der Waals surface area contributed by atoms with Crippen molar-refractivity contribution in [3.05, 3.63) is 70.5 Å². The second-order valence-corrected chi connectivity index (χ2v) is 5.39. The van der Waals surface area contributed by atoms with Gasteiger partial charge in [0.05, 0.1) is 11.1 Å². The van der Waals surface area contributed by atoms with Gasteiger partial charge in [-0.2, -0.15) is 0 Å². The van der Waals surface area contributed by atoms with E-state index in [1.807, 2.05) is 30.3 Å². The number of aliphatic hydroxyl groups is 1. The van der Waals surface area contributed by atoms with Gasteiger partial charge in [0.15, 0.2) is 0 Å². The second-order valence-electron chi connectivity index (χ2n) is 4.98. The van der Waals surface area contributed by atoms with Crippen molar-refractivity contribution in [1.82, 2.24) is 4.90 Å². The average Bonchev–Trinajstić information content (AvgIpc) is 2.54. The highest BCUT2D eigenvalue weighted by Crippen LogP contribution is 2.25. The first-order chi connectivity index (χ1) is 10.5. The zero-order chi connectivity index (χ0) is 16.1. The van der Waals surface area contributed by atoms with E-state index in [-0.39, 0.29) is 29.1 Å². The van der Waals surface area contributed by atoms with Crippen LogP contribution in [0.5, 0.6) is 0 Å². The summed E-state index contributed by atoms with van der Waals surface area (Å²) in [6.45, 7) is -0.0494. The van der Waals surface area contributed by atoms with Crippen LogP contribution in [0.1, 0.15) is 28.4 Å². The molecule has 0 heterocycles. The highest BCUT2D eigenvalue weighted by atomic mass is 35.5. The first-order valence-corrected chi connectivity index (χ1v) is 7.30. The Morgan fingerprint density at radius 2 is 1.95 bits per heavy atom. The number of hydrogen-bond donors (Lipinski definition) is 1. The zero-order valence-corrected chi connectivity index (χ0v) is 12.9. The van der Waals surface area contributed by atoms with Gasteiger partial charge in [-0.15, -0.1) is 0 Å². The number of aliphatic hydroxyl groups excluding tert-OH is 1. The Hall–Kier alpha value is -1.91. The van der Waals surface area contributed by atoms with Crippen molar-refractivity contribution < 1.29 is 14.3 Å². The van der Waals surface area contributed by atoms with Crippen molar-refractivity contribution >= 4 is 17.5 Å². The minimum Gasteiger partial charge on any atom is -0.396 e. The number of halogens is 2. The fraction of sp³-hybridized carbons (Fsp3) is 0.235. The molecule has 2 aromatic rings. The molecule has 0 radical (unpaired) electrons. The van der Waals surface area contributed by atoms with E-state index in [0.717, 1.165) is 11.6 Å². The molecule has 2 rings (SSSR count). The van der Waals surface area contributed by atoms with E-state index >= 15 is 0 Å². The van der Waals surface area contributed by atoms with Crippen LogP contribution in [0.25, 0.3) is 0 Å². The molecule has 0 fully saturated rings. The third kappa shape index (κ3) is 3.64. The molecule has 0 saturated carbocycles. The molecule has 3 nitrogen and oxygen atoms in total. The molecule has 0 aliphatic heterocycles. The number of benzene rings is 2. The lowest BCUT2D eigenvalue weighted by Crippen LogP contribution is -2.32. The number of amides is 1. The largest absolute Gasteiger partial charge is 0.396 e. The maximum absolute atomic E-state index is 13.5. The van der Waals surface area contributed by atoms with E-state index in [1.165, 1.54) is 17.0 Å². The first-order valence-electron chi connectivity index (χ1n) is 6.92. The quantitative estimate of drug-likeness (QED) is 0.912. The minimum absolute atomic E-state index is 0.0193. The molecule has 22 heavy (non-hydrogen) atoms. The molecule has 2 aromatic carbocycles. The molecular formula is C17H17ClFNO2. The fourth-order valence-corrected chi connectivity index (χ4v) is 2.47. The van der Waals surface area contributed by atoms with Gasteiger partial charge in [-0.1, -0.05) is 41.9 Å². The van der Waals surface area contributed by atoms with Crippen LogP contribution >= 0.6 is 11.6 Å². The van der Waals surface area contributed by atoms with Gasteiger partial charge in [-0.25, -0.2) is 4.39 Å². The van der Waals surface area contributed by atoms with Gasteiger partial charge >= 0.3 is 0 Å². The van der Waals surface area contributed by atoms with Crippen molar-refractivity contribution in [3.63, 3.8) is 0 Å². The number of carbonyl (C=O) groups excluding carboxylic acids is 1. The smallest absolute Gasteiger partial charge is 0.254 e. The van der Waals surface area contributed by atoms with Crippen LogP contribution in [-0.2, 0) is 0 Å². The van der Waals surface area contributed by atoms with Crippen molar-refractivity contribution in [3.8, 4) is 0 Å². The van der Waals surface area contributed by atoms with E-state index in [0.29, 0.717) is 6.42 Å². The average molecular weight is 322 g/mol. The third-order valence-corrected chi connectivity index (χ3v) is 3.85. The summed E-state index contributed by atoms with van der Waals surface area (Å²) in [5, 5.41) is 9.25. The standard InChI is InChI=1S/C17H17ClFNO2/c1-20(16(9-10-21)12-5-3-2-4-6-12)17(22)13-7-8-14(18)15(19)11-13/h2-8,11,16,21H,9-10H2,1H3. The first kappa shape index (κ1) is 16.5. The van der Waals surface area contributed by atoms with Crippen molar-refractivity contribution in [1.29, 1.82) is 0 Å². The summed E-state index contributed by atoms with van der Waals surface area (Å²) < 4.78 is 13.5. The van der Waals surface area contributed by atoms with Crippen LogP contribution in [0.2, 0.25) is 5.02 Å². The van der Waals surface area contributed by atoms with Gasteiger partial charge in [0.1, 0.15) is 5.82 Å². The zero-order valence-electron chi connectivity index (χ0n) is 12.2. The molecular weight excluding hydrogens is 305 g/mol. The van der Waals surface area contributed by atoms with E-state index in [9.17, 15) is 14.3 Å². The predicted molar refractivity (Wildman–Crippen MR) is 84.4 cm³/mol. The summed E-state index contributed by atoms with van der Waals surface area (Å²) in [6.07, 6.45) is 0.405. The van der Waals surface area contributed by atoms with Crippen LogP contribution in [0.3, 0.4) is 0 Å². The van der Waals surface area contributed by atoms with E-state index in [4.69, 9.17) is 11.6 Å². The summed E-state index contributed by atoms with van der Waals surface area (Å²) in [5.74, 6) is -0.947. The van der Waals surface area contributed by atoms with Crippen LogP contribution in [0.4, 0.5) is 4.39 Å². The number of carbonyl (C=O) groups is 1. The topological polar surface area (TPSA) is 40.5 Å². The highest BCUT2D eigenvalue weighted by Gasteiger charge is 2.22. The van der Waals surface area contributed by atoms with E-state index < -0.39 is 5.82 Å². The molecule has 1 unspecified atom stereocenters. The Bertz CT molecular complexity index is 648. The fourth-order valence-electron chi connectivity index (χ4n) is 2.36. The molecule has 0 bridgehead atoms. The third-order valence-electron chi connectivity index (χ3n) is 3.54. The summed E-state index contributed by atoms with van der Waals surface area (Å²) in [4.78, 5) is 14.0. The lowest BCUT2D eigenvalue weighted by Gasteiger charge is -2.28. The maximum Gasteiger partial charge on any atom is 0.254 e. The van der Waals surface area contributed by atoms with Gasteiger partial charge < -0.3 is 10.0 Å². The van der Waals surface area contributed by atoms with Crippen molar-refractivity contribution in [2.45, 2.75) is 12.5 Å². The highest BCUT2D eigenvalue weighted by molar-refractivity contribution is 6.30. The van der Waals surface area contributed by atoms with E-state index in [1.54, 1.807) is 7.05 Å². The van der Waals surface area contributed by atoms with Crippen LogP contribution < -0.4 is 0 Å². The Balaban J connectivity index is 2.28. The molecule has 0 spiro atoms. The Labute approximate surface area is 133 Å². The van der Waals surface area contributed by atoms with Crippen LogP contribution in [0.15, 0.2) is 48.5 Å². The molecule has 1 atom stereocenters. The second kappa shape index (κ2) is 7.38. The minimum atomic E-state index is -0.626. The Kier molecular flexibility index (Phi) is 5.52. The summed E-state index contributed by atoms with van der Waals surface area (Å²) in [7, 11) is 1.64. The summed E-state index contributed by atoms with van der Waals surface area (Å²) in [5.41, 5.74) is 1.14. The van der Waals surface area contributed by atoms with Crippen molar-refractivity contribution in [2.24, 2.45) is 0 Å². The number of rotatable bonds is 5. The SMILES string of the molecule is CN(C(=O)c1ccc(Cl)c(F)c1)C(CCO)c1ccccc1. The lowest BCUT2D eigenvalue weighted by molar-refractivity contribution is 0.0704.